The summed E-state index contributed by atoms with van der Waals surface area (Å²) in [7, 11) is 1.64. The fraction of sp³-hybridized carbons (Fsp3) is 0.462. The molecule has 2 amide bonds. The van der Waals surface area contributed by atoms with Gasteiger partial charge in [0.25, 0.3) is 0 Å². The summed E-state index contributed by atoms with van der Waals surface area (Å²) >= 11 is 0. The number of ether oxygens (including phenoxy) is 1. The maximum absolute atomic E-state index is 13.4. The van der Waals surface area contributed by atoms with Gasteiger partial charge in [-0.3, -0.25) is 9.59 Å². The maximum Gasteiger partial charge on any atom is 0.225 e. The van der Waals surface area contributed by atoms with E-state index in [4.69, 9.17) is 4.74 Å². The first-order valence-electron chi connectivity index (χ1n) is 11.3. The van der Waals surface area contributed by atoms with E-state index in [0.29, 0.717) is 25.9 Å². The Morgan fingerprint density at radius 3 is 2.58 bits per heavy atom. The van der Waals surface area contributed by atoms with Gasteiger partial charge in [-0.1, -0.05) is 68.8 Å². The largest absolute Gasteiger partial charge is 0.496 e. The van der Waals surface area contributed by atoms with Gasteiger partial charge in [-0.25, -0.2) is 0 Å². The summed E-state index contributed by atoms with van der Waals surface area (Å²) in [5.41, 5.74) is 2.11. The van der Waals surface area contributed by atoms with Crippen molar-refractivity contribution in [3.8, 4) is 5.75 Å². The Hall–Kier alpha value is -2.82. The van der Waals surface area contributed by atoms with Gasteiger partial charge in [-0.15, -0.1) is 0 Å². The van der Waals surface area contributed by atoms with Crippen LogP contribution in [0.15, 0.2) is 54.6 Å². The molecule has 5 nitrogen and oxygen atoms in total. The van der Waals surface area contributed by atoms with Gasteiger partial charge < -0.3 is 15.0 Å². The summed E-state index contributed by atoms with van der Waals surface area (Å²) in [4.78, 5) is 28.1. The zero-order valence-corrected chi connectivity index (χ0v) is 18.8. The van der Waals surface area contributed by atoms with Gasteiger partial charge in [0.1, 0.15) is 5.75 Å². The minimum Gasteiger partial charge on any atom is -0.496 e. The van der Waals surface area contributed by atoms with Gasteiger partial charge in [0.2, 0.25) is 11.8 Å². The molecule has 0 saturated carbocycles. The number of likely N-dealkylation sites (tertiary alicyclic amines) is 1. The average Bonchev–Trinajstić information content (AvgIpc) is 2.81. The van der Waals surface area contributed by atoms with Crippen LogP contribution in [0.3, 0.4) is 0 Å². The molecule has 5 heteroatoms. The van der Waals surface area contributed by atoms with E-state index in [1.165, 1.54) is 5.56 Å². The molecule has 0 aromatic heterocycles. The number of nitrogens with one attached hydrogen (secondary N) is 1. The van der Waals surface area contributed by atoms with Crippen molar-refractivity contribution in [2.24, 2.45) is 5.92 Å². The molecule has 0 aliphatic carbocycles. The maximum atomic E-state index is 13.4. The molecule has 1 fully saturated rings. The van der Waals surface area contributed by atoms with Crippen molar-refractivity contribution >= 4 is 11.8 Å². The van der Waals surface area contributed by atoms with Gasteiger partial charge >= 0.3 is 0 Å². The highest BCUT2D eigenvalue weighted by molar-refractivity contribution is 5.85. The first-order valence-corrected chi connectivity index (χ1v) is 11.3. The summed E-state index contributed by atoms with van der Waals surface area (Å²) in [6, 6.07) is 17.6. The van der Waals surface area contributed by atoms with Crippen LogP contribution in [-0.4, -0.2) is 36.9 Å². The molecule has 2 aromatic rings. The van der Waals surface area contributed by atoms with Crippen molar-refractivity contribution in [1.82, 2.24) is 10.2 Å². The van der Waals surface area contributed by atoms with Gasteiger partial charge in [0.15, 0.2) is 0 Å². The van der Waals surface area contributed by atoms with Crippen molar-refractivity contribution < 1.29 is 14.3 Å². The van der Waals surface area contributed by atoms with Crippen LogP contribution >= 0.6 is 0 Å². The summed E-state index contributed by atoms with van der Waals surface area (Å²) in [5, 5.41) is 3.16. The first kappa shape index (κ1) is 22.9. The van der Waals surface area contributed by atoms with Gasteiger partial charge in [-0.2, -0.15) is 0 Å². The zero-order chi connectivity index (χ0) is 22.2. The molecule has 1 heterocycles. The second kappa shape index (κ2) is 11.0. The molecule has 3 rings (SSSR count). The van der Waals surface area contributed by atoms with E-state index in [1.807, 2.05) is 47.4 Å². The number of nitrogens with zero attached hydrogens (tertiary/aromatic N) is 1. The molecule has 0 radical (unpaired) electrons. The van der Waals surface area contributed by atoms with Crippen molar-refractivity contribution in [2.45, 2.75) is 51.5 Å². The fourth-order valence-electron chi connectivity index (χ4n) is 4.40. The van der Waals surface area contributed by atoms with E-state index >= 15 is 0 Å². The molecule has 1 saturated heterocycles. The van der Waals surface area contributed by atoms with E-state index in [9.17, 15) is 9.59 Å². The molecule has 3 unspecified atom stereocenters. The highest BCUT2D eigenvalue weighted by Crippen LogP contribution is 2.40. The molecular weight excluding hydrogens is 388 g/mol. The molecule has 1 N–H and O–H groups in total. The molecule has 0 spiro atoms. The number of para-hydroxylation sites is 1. The monoisotopic (exact) mass is 422 g/mol. The van der Waals surface area contributed by atoms with Crippen LogP contribution in [-0.2, 0) is 9.59 Å². The van der Waals surface area contributed by atoms with Crippen molar-refractivity contribution in [3.63, 3.8) is 0 Å². The van der Waals surface area contributed by atoms with Crippen molar-refractivity contribution in [1.29, 1.82) is 0 Å². The number of unbranched alkanes of at least 4 members (excludes halogenated alkanes) is 1. The summed E-state index contributed by atoms with van der Waals surface area (Å²) in [6.07, 6.45) is 2.86. The molecule has 2 aromatic carbocycles. The second-order valence-corrected chi connectivity index (χ2v) is 8.33. The summed E-state index contributed by atoms with van der Waals surface area (Å²) in [6.45, 7) is 5.45. The van der Waals surface area contributed by atoms with Crippen LogP contribution < -0.4 is 10.1 Å². The minimum atomic E-state index is -0.309. The molecule has 3 atom stereocenters. The Bertz CT molecular complexity index is 868. The van der Waals surface area contributed by atoms with E-state index in [-0.39, 0.29) is 29.7 Å². The van der Waals surface area contributed by atoms with Crippen LogP contribution in [0, 0.1) is 5.92 Å². The highest BCUT2D eigenvalue weighted by atomic mass is 16.5. The smallest absolute Gasteiger partial charge is 0.225 e. The van der Waals surface area contributed by atoms with Gasteiger partial charge in [-0.05, 0) is 30.4 Å². The third kappa shape index (κ3) is 5.46. The standard InChI is InChI=1S/C26H34N2O3/c1-4-5-17-28-24(29)16-15-22(25(28)21-13-9-10-14-23(21)31-3)26(30)27-18-19(2)20-11-7-6-8-12-20/h6-14,19,22,25H,4-5,15-18H2,1-3H3,(H,27,30). The molecule has 1 aliphatic heterocycles. The van der Waals surface area contributed by atoms with Gasteiger partial charge in [0, 0.05) is 25.1 Å². The Balaban J connectivity index is 1.83. The zero-order valence-electron chi connectivity index (χ0n) is 18.8. The number of piperidine rings is 1. The predicted molar refractivity (Wildman–Crippen MR) is 123 cm³/mol. The van der Waals surface area contributed by atoms with E-state index < -0.39 is 0 Å². The Morgan fingerprint density at radius 1 is 1.16 bits per heavy atom. The van der Waals surface area contributed by atoms with E-state index in [2.05, 4.69) is 31.3 Å². The molecule has 31 heavy (non-hydrogen) atoms. The quantitative estimate of drug-likeness (QED) is 0.637. The summed E-state index contributed by atoms with van der Waals surface area (Å²) in [5.74, 6) is 0.767. The number of hydrogen-bond donors (Lipinski definition) is 1. The topological polar surface area (TPSA) is 58.6 Å². The van der Waals surface area contributed by atoms with Crippen LogP contribution in [0.25, 0.3) is 0 Å². The Kier molecular flexibility index (Phi) is 8.10. The number of carbonyl (C=O) groups is 2. The first-order chi connectivity index (χ1) is 15.1. The van der Waals surface area contributed by atoms with Crippen molar-refractivity contribution in [3.05, 3.63) is 65.7 Å². The van der Waals surface area contributed by atoms with E-state index in [1.54, 1.807) is 7.11 Å². The number of carbonyl (C=O) groups excluding carboxylic acids is 2. The number of methoxy groups -OCH3 is 1. The fourth-order valence-corrected chi connectivity index (χ4v) is 4.40. The minimum absolute atomic E-state index is 0.00712. The molecule has 166 valence electrons. The molecule has 1 aliphatic rings. The lowest BCUT2D eigenvalue weighted by Gasteiger charge is -2.41. The van der Waals surface area contributed by atoms with Gasteiger partial charge in [0.05, 0.1) is 19.1 Å². The molecular formula is C26H34N2O3. The van der Waals surface area contributed by atoms with E-state index in [0.717, 1.165) is 24.2 Å². The predicted octanol–water partition coefficient (Wildman–Crippen LogP) is 4.69. The summed E-state index contributed by atoms with van der Waals surface area (Å²) < 4.78 is 5.60. The van der Waals surface area contributed by atoms with Crippen LogP contribution in [0.2, 0.25) is 0 Å². The average molecular weight is 423 g/mol. The Labute approximate surface area is 185 Å². The normalized spacial score (nSPS) is 19.7. The van der Waals surface area contributed by atoms with Crippen LogP contribution in [0.4, 0.5) is 0 Å². The van der Waals surface area contributed by atoms with Crippen LogP contribution in [0.5, 0.6) is 5.75 Å². The number of benzene rings is 2. The lowest BCUT2D eigenvalue weighted by Crippen LogP contribution is -2.48. The second-order valence-electron chi connectivity index (χ2n) is 8.33. The third-order valence-corrected chi connectivity index (χ3v) is 6.20. The SMILES string of the molecule is CCCCN1C(=O)CCC(C(=O)NCC(C)c2ccccc2)C1c1ccccc1OC. The number of amides is 2. The number of hydrogen-bond acceptors (Lipinski definition) is 3. The lowest BCUT2D eigenvalue weighted by atomic mass is 9.82. The third-order valence-electron chi connectivity index (χ3n) is 6.20. The van der Waals surface area contributed by atoms with Crippen molar-refractivity contribution in [2.75, 3.05) is 20.2 Å². The number of rotatable bonds is 9. The Morgan fingerprint density at radius 2 is 1.87 bits per heavy atom. The lowest BCUT2D eigenvalue weighted by molar-refractivity contribution is -0.143. The highest BCUT2D eigenvalue weighted by Gasteiger charge is 2.41. The van der Waals surface area contributed by atoms with Crippen LogP contribution in [0.1, 0.15) is 62.6 Å². The molecule has 0 bridgehead atoms.